The first kappa shape index (κ1) is 11.1. The second-order valence-corrected chi connectivity index (χ2v) is 5.41. The average molecular weight is 266 g/mol. The second-order valence-electron chi connectivity index (χ2n) is 4.16. The minimum absolute atomic E-state index is 0.613. The molecule has 0 radical (unpaired) electrons. The van der Waals surface area contributed by atoms with Crippen LogP contribution in [-0.2, 0) is 12.8 Å². The van der Waals surface area contributed by atoms with Crippen LogP contribution < -0.4 is 0 Å². The third-order valence-corrected chi connectivity index (χ3v) is 4.09. The van der Waals surface area contributed by atoms with Gasteiger partial charge in [0, 0.05) is 22.8 Å². The molecule has 0 aliphatic heterocycles. The Kier molecular flexibility index (Phi) is 3.07. The van der Waals surface area contributed by atoms with Crippen molar-refractivity contribution in [2.24, 2.45) is 0 Å². The van der Waals surface area contributed by atoms with E-state index in [1.807, 2.05) is 5.38 Å². The van der Waals surface area contributed by atoms with E-state index >= 15 is 0 Å². The van der Waals surface area contributed by atoms with Crippen LogP contribution in [0.2, 0.25) is 5.15 Å². The van der Waals surface area contributed by atoms with Crippen molar-refractivity contribution in [3.05, 3.63) is 28.0 Å². The number of halogens is 1. The zero-order chi connectivity index (χ0) is 11.7. The van der Waals surface area contributed by atoms with Crippen molar-refractivity contribution < 1.29 is 0 Å². The molecular weight excluding hydrogens is 254 g/mol. The summed E-state index contributed by atoms with van der Waals surface area (Å²) in [6.45, 7) is 0. The minimum Gasteiger partial charge on any atom is -0.241 e. The van der Waals surface area contributed by atoms with Crippen LogP contribution in [0.5, 0.6) is 0 Å². The summed E-state index contributed by atoms with van der Waals surface area (Å²) in [5, 5.41) is 3.39. The predicted octanol–water partition coefficient (Wildman–Crippen LogP) is 3.52. The summed E-state index contributed by atoms with van der Waals surface area (Å²) < 4.78 is 0. The van der Waals surface area contributed by atoms with Crippen molar-refractivity contribution in [2.45, 2.75) is 32.1 Å². The van der Waals surface area contributed by atoms with Gasteiger partial charge in [-0.15, -0.1) is 11.3 Å². The molecule has 0 atom stereocenters. The van der Waals surface area contributed by atoms with Gasteiger partial charge in [0.15, 0.2) is 10.8 Å². The van der Waals surface area contributed by atoms with E-state index in [1.54, 1.807) is 17.5 Å². The topological polar surface area (TPSA) is 38.7 Å². The molecule has 3 nitrogen and oxygen atoms in total. The molecule has 0 saturated heterocycles. The molecule has 0 amide bonds. The van der Waals surface area contributed by atoms with Crippen LogP contribution in [0.25, 0.3) is 10.8 Å². The van der Waals surface area contributed by atoms with Gasteiger partial charge in [-0.3, -0.25) is 0 Å². The Morgan fingerprint density at radius 2 is 2.00 bits per heavy atom. The van der Waals surface area contributed by atoms with E-state index < -0.39 is 0 Å². The van der Waals surface area contributed by atoms with E-state index in [0.717, 1.165) is 29.1 Å². The van der Waals surface area contributed by atoms with Crippen LogP contribution in [0.15, 0.2) is 11.6 Å². The first-order chi connectivity index (χ1) is 8.34. The Morgan fingerprint density at radius 3 is 2.82 bits per heavy atom. The third kappa shape index (κ3) is 2.19. The van der Waals surface area contributed by atoms with Crippen LogP contribution in [0, 0.1) is 0 Å². The van der Waals surface area contributed by atoms with Gasteiger partial charge < -0.3 is 0 Å². The van der Waals surface area contributed by atoms with Crippen LogP contribution in [0.3, 0.4) is 0 Å². The molecule has 1 aliphatic rings. The van der Waals surface area contributed by atoms with Crippen molar-refractivity contribution in [1.29, 1.82) is 0 Å². The average Bonchev–Trinajstić information content (AvgIpc) is 2.75. The van der Waals surface area contributed by atoms with Crippen molar-refractivity contribution in [3.8, 4) is 10.8 Å². The zero-order valence-corrected chi connectivity index (χ0v) is 10.9. The molecule has 0 fully saturated rings. The summed E-state index contributed by atoms with van der Waals surface area (Å²) >= 11 is 7.81. The molecule has 17 heavy (non-hydrogen) atoms. The summed E-state index contributed by atoms with van der Waals surface area (Å²) in [7, 11) is 0. The van der Waals surface area contributed by atoms with Crippen molar-refractivity contribution >= 4 is 22.9 Å². The standard InChI is InChI=1S/C12H12ClN3S/c13-10-8-4-2-1-3-5-9(8)15-11(16-10)12-14-6-7-17-12/h6-7H,1-5H2. The lowest BCUT2D eigenvalue weighted by Crippen LogP contribution is -2.01. The molecule has 0 unspecified atom stereocenters. The van der Waals surface area contributed by atoms with Gasteiger partial charge in [0.05, 0.1) is 0 Å². The van der Waals surface area contributed by atoms with E-state index in [0.29, 0.717) is 11.0 Å². The first-order valence-corrected chi connectivity index (χ1v) is 7.05. The molecule has 2 heterocycles. The van der Waals surface area contributed by atoms with Gasteiger partial charge >= 0.3 is 0 Å². The Balaban J connectivity index is 2.09. The Morgan fingerprint density at radius 1 is 1.12 bits per heavy atom. The number of fused-ring (bicyclic) bond motifs is 1. The highest BCUT2D eigenvalue weighted by Gasteiger charge is 2.16. The van der Waals surface area contributed by atoms with Gasteiger partial charge in [0.1, 0.15) is 5.15 Å². The maximum atomic E-state index is 6.26. The first-order valence-electron chi connectivity index (χ1n) is 5.80. The molecule has 1 aliphatic carbocycles. The molecule has 0 bridgehead atoms. The lowest BCUT2D eigenvalue weighted by molar-refractivity contribution is 0.709. The lowest BCUT2D eigenvalue weighted by atomic mass is 10.1. The Labute approximate surface area is 109 Å². The molecule has 0 N–H and O–H groups in total. The van der Waals surface area contributed by atoms with Gasteiger partial charge in [-0.2, -0.15) is 0 Å². The van der Waals surface area contributed by atoms with Crippen LogP contribution in [0.1, 0.15) is 30.5 Å². The molecule has 3 rings (SSSR count). The van der Waals surface area contributed by atoms with Gasteiger partial charge in [-0.25, -0.2) is 15.0 Å². The molecule has 0 spiro atoms. The molecule has 5 heteroatoms. The summed E-state index contributed by atoms with van der Waals surface area (Å²) in [5.74, 6) is 0.672. The lowest BCUT2D eigenvalue weighted by Gasteiger charge is -2.07. The van der Waals surface area contributed by atoms with Crippen LogP contribution >= 0.6 is 22.9 Å². The molecule has 0 aromatic carbocycles. The highest BCUT2D eigenvalue weighted by molar-refractivity contribution is 7.13. The molecule has 2 aromatic rings. The van der Waals surface area contributed by atoms with E-state index in [-0.39, 0.29) is 0 Å². The highest BCUT2D eigenvalue weighted by atomic mass is 35.5. The number of hydrogen-bond donors (Lipinski definition) is 0. The van der Waals surface area contributed by atoms with Gasteiger partial charge in [-0.1, -0.05) is 18.0 Å². The quantitative estimate of drug-likeness (QED) is 0.585. The van der Waals surface area contributed by atoms with Gasteiger partial charge in [0.25, 0.3) is 0 Å². The Bertz CT molecular complexity index is 525. The van der Waals surface area contributed by atoms with Crippen molar-refractivity contribution in [2.75, 3.05) is 0 Å². The maximum absolute atomic E-state index is 6.26. The van der Waals surface area contributed by atoms with Crippen LogP contribution in [0.4, 0.5) is 0 Å². The monoisotopic (exact) mass is 265 g/mol. The summed E-state index contributed by atoms with van der Waals surface area (Å²) in [5.41, 5.74) is 2.26. The number of thiazole rings is 1. The molecule has 88 valence electrons. The molecular formula is C12H12ClN3S. The number of rotatable bonds is 1. The summed E-state index contributed by atoms with van der Waals surface area (Å²) in [6.07, 6.45) is 7.41. The number of nitrogens with zero attached hydrogens (tertiary/aromatic N) is 3. The van der Waals surface area contributed by atoms with Gasteiger partial charge in [-0.05, 0) is 25.7 Å². The fourth-order valence-corrected chi connectivity index (χ4v) is 3.01. The largest absolute Gasteiger partial charge is 0.241 e. The maximum Gasteiger partial charge on any atom is 0.190 e. The smallest absolute Gasteiger partial charge is 0.190 e. The summed E-state index contributed by atoms with van der Waals surface area (Å²) in [6, 6.07) is 0. The number of hydrogen-bond acceptors (Lipinski definition) is 4. The fraction of sp³-hybridized carbons (Fsp3) is 0.417. The molecule has 2 aromatic heterocycles. The van der Waals surface area contributed by atoms with Gasteiger partial charge in [0.2, 0.25) is 0 Å². The summed E-state index contributed by atoms with van der Waals surface area (Å²) in [4.78, 5) is 13.2. The Hall–Kier alpha value is -1.00. The zero-order valence-electron chi connectivity index (χ0n) is 9.32. The fourth-order valence-electron chi connectivity index (χ4n) is 2.15. The van der Waals surface area contributed by atoms with Crippen molar-refractivity contribution in [1.82, 2.24) is 15.0 Å². The predicted molar refractivity (Wildman–Crippen MR) is 69.4 cm³/mol. The van der Waals surface area contributed by atoms with E-state index in [4.69, 9.17) is 11.6 Å². The third-order valence-electron chi connectivity index (χ3n) is 3.01. The second kappa shape index (κ2) is 4.70. The number of aryl methyl sites for hydroxylation is 1. The number of aromatic nitrogens is 3. The highest BCUT2D eigenvalue weighted by Crippen LogP contribution is 2.28. The normalized spacial score (nSPS) is 15.4. The SMILES string of the molecule is Clc1nc(-c2nccs2)nc2c1CCCCC2. The minimum atomic E-state index is 0.613. The van der Waals surface area contributed by atoms with Crippen LogP contribution in [-0.4, -0.2) is 15.0 Å². The van der Waals surface area contributed by atoms with E-state index in [9.17, 15) is 0 Å². The van der Waals surface area contributed by atoms with E-state index in [2.05, 4.69) is 15.0 Å². The molecule has 0 saturated carbocycles. The van der Waals surface area contributed by atoms with E-state index in [1.165, 1.54) is 19.3 Å². The van der Waals surface area contributed by atoms with Crippen molar-refractivity contribution in [3.63, 3.8) is 0 Å².